The number of carbonyl (C=O) groups excluding carboxylic acids is 3. The van der Waals surface area contributed by atoms with Crippen LogP contribution in [-0.4, -0.2) is 55.0 Å². The highest BCUT2D eigenvalue weighted by molar-refractivity contribution is 5.95. The van der Waals surface area contributed by atoms with Gasteiger partial charge in [-0.3, -0.25) is 14.4 Å². The molecule has 4 fully saturated rings. The molecule has 0 amide bonds. The summed E-state index contributed by atoms with van der Waals surface area (Å²) in [6.07, 6.45) is 10.6. The summed E-state index contributed by atoms with van der Waals surface area (Å²) in [6, 6.07) is 0. The summed E-state index contributed by atoms with van der Waals surface area (Å²) in [7, 11) is 0. The molecule has 0 heterocycles. The zero-order valence-corrected chi connectivity index (χ0v) is 29.6. The van der Waals surface area contributed by atoms with E-state index in [0.717, 1.165) is 77.4 Å². The van der Waals surface area contributed by atoms with E-state index >= 15 is 0 Å². The lowest BCUT2D eigenvalue weighted by Crippen LogP contribution is -2.66. The van der Waals surface area contributed by atoms with Gasteiger partial charge in [-0.2, -0.15) is 0 Å². The van der Waals surface area contributed by atoms with Gasteiger partial charge in [0.2, 0.25) is 0 Å². The van der Waals surface area contributed by atoms with Gasteiger partial charge >= 0.3 is 11.9 Å². The minimum absolute atomic E-state index is 0.0515. The third-order valence-corrected chi connectivity index (χ3v) is 14.8. The Labute approximate surface area is 267 Å². The number of esters is 2. The van der Waals surface area contributed by atoms with Crippen molar-refractivity contribution in [2.75, 3.05) is 26.2 Å². The Morgan fingerprint density at radius 3 is 2.20 bits per heavy atom. The Hall–Kier alpha value is -1.69. The molecule has 5 rings (SSSR count). The van der Waals surface area contributed by atoms with Crippen molar-refractivity contribution in [3.05, 3.63) is 11.6 Å². The minimum Gasteiger partial charge on any atom is -0.464 e. The normalized spacial score (nSPS) is 44.4. The number of carbonyl (C=O) groups is 3. The Morgan fingerprint density at radius 2 is 1.57 bits per heavy atom. The Kier molecular flexibility index (Phi) is 8.59. The minimum atomic E-state index is -0.532. The lowest BCUT2D eigenvalue weighted by molar-refractivity contribution is -0.210. The molecule has 0 spiro atoms. The van der Waals surface area contributed by atoms with Crippen LogP contribution in [0.25, 0.3) is 0 Å². The molecule has 0 saturated heterocycles. The fourth-order valence-electron chi connectivity index (χ4n) is 11.7. The van der Waals surface area contributed by atoms with E-state index in [1.54, 1.807) is 0 Å². The van der Waals surface area contributed by atoms with E-state index in [1.165, 1.54) is 12.5 Å². The average molecular weight is 612 g/mol. The monoisotopic (exact) mass is 611 g/mol. The van der Waals surface area contributed by atoms with Crippen LogP contribution < -0.4 is 0 Å². The van der Waals surface area contributed by atoms with E-state index in [4.69, 9.17) is 9.47 Å². The van der Waals surface area contributed by atoms with Crippen molar-refractivity contribution in [3.8, 4) is 0 Å². The Bertz CT molecular complexity index is 1200. The summed E-state index contributed by atoms with van der Waals surface area (Å²) in [5.41, 5.74) is 0.317. The molecule has 0 N–H and O–H groups in total. The SMILES string of the molecule is CCN(CC)CCOC(=O)C1(C)CCC2(C)CCC3(C)C(=CC(=O)C4C5(C)CCC(OC(C)=O)C(C)(C)C5CCC43C)C2C1. The van der Waals surface area contributed by atoms with Crippen molar-refractivity contribution < 1.29 is 23.9 Å². The van der Waals surface area contributed by atoms with Gasteiger partial charge in [-0.1, -0.05) is 61.0 Å². The first-order valence-electron chi connectivity index (χ1n) is 17.7. The highest BCUT2D eigenvalue weighted by Gasteiger charge is 2.70. The summed E-state index contributed by atoms with van der Waals surface area (Å²) in [5, 5.41) is 0. The van der Waals surface area contributed by atoms with Gasteiger partial charge in [0.1, 0.15) is 12.7 Å². The first-order valence-corrected chi connectivity index (χ1v) is 17.7. The highest BCUT2D eigenvalue weighted by atomic mass is 16.5. The van der Waals surface area contributed by atoms with Gasteiger partial charge in [-0.25, -0.2) is 0 Å². The van der Waals surface area contributed by atoms with E-state index in [-0.39, 0.29) is 57.0 Å². The molecule has 6 heteroatoms. The van der Waals surface area contributed by atoms with Crippen LogP contribution in [0.15, 0.2) is 11.6 Å². The lowest BCUT2D eigenvalue weighted by atomic mass is 9.33. The average Bonchev–Trinajstić information content (AvgIpc) is 2.94. The van der Waals surface area contributed by atoms with Gasteiger partial charge in [-0.15, -0.1) is 0 Å². The highest BCUT2D eigenvalue weighted by Crippen LogP contribution is 2.75. The zero-order chi connectivity index (χ0) is 32.5. The number of rotatable bonds is 7. The van der Waals surface area contributed by atoms with Crippen molar-refractivity contribution in [1.82, 2.24) is 4.90 Å². The number of ketones is 1. The third kappa shape index (κ3) is 4.94. The second-order valence-corrected chi connectivity index (χ2v) is 17.4. The molecule has 248 valence electrons. The molecule has 0 radical (unpaired) electrons. The molecule has 9 atom stereocenters. The molecule has 4 saturated carbocycles. The first-order chi connectivity index (χ1) is 20.4. The van der Waals surface area contributed by atoms with Crippen molar-refractivity contribution in [3.63, 3.8) is 0 Å². The molecule has 0 bridgehead atoms. The quantitative estimate of drug-likeness (QED) is 0.274. The smallest absolute Gasteiger partial charge is 0.311 e. The topological polar surface area (TPSA) is 72.9 Å². The van der Waals surface area contributed by atoms with Crippen molar-refractivity contribution in [1.29, 1.82) is 0 Å². The zero-order valence-electron chi connectivity index (χ0n) is 29.6. The Morgan fingerprint density at radius 1 is 0.909 bits per heavy atom. The second kappa shape index (κ2) is 11.2. The predicted molar refractivity (Wildman–Crippen MR) is 174 cm³/mol. The maximum absolute atomic E-state index is 14.6. The molecule has 0 aromatic carbocycles. The van der Waals surface area contributed by atoms with E-state index < -0.39 is 5.41 Å². The fraction of sp³-hybridized carbons (Fsp3) is 0.868. The molecule has 44 heavy (non-hydrogen) atoms. The van der Waals surface area contributed by atoms with Crippen LogP contribution >= 0.6 is 0 Å². The third-order valence-electron chi connectivity index (χ3n) is 14.8. The van der Waals surface area contributed by atoms with E-state index in [0.29, 0.717) is 18.3 Å². The maximum atomic E-state index is 14.6. The number of fused-ring (bicyclic) bond motifs is 7. The number of nitrogens with zero attached hydrogens (tertiary/aromatic N) is 1. The van der Waals surface area contributed by atoms with Crippen LogP contribution in [0.5, 0.6) is 0 Å². The second-order valence-electron chi connectivity index (χ2n) is 17.4. The molecule has 0 aliphatic heterocycles. The van der Waals surface area contributed by atoms with Crippen molar-refractivity contribution >= 4 is 17.7 Å². The van der Waals surface area contributed by atoms with Crippen molar-refractivity contribution in [2.24, 2.45) is 50.2 Å². The molecule has 5 aliphatic carbocycles. The van der Waals surface area contributed by atoms with Crippen LogP contribution in [-0.2, 0) is 23.9 Å². The molecule has 0 aromatic heterocycles. The number of allylic oxidation sites excluding steroid dienone is 2. The largest absolute Gasteiger partial charge is 0.464 e. The van der Waals surface area contributed by atoms with Gasteiger partial charge < -0.3 is 14.4 Å². The molecule has 6 nitrogen and oxygen atoms in total. The molecular weight excluding hydrogens is 550 g/mol. The standard InChI is InChI=1S/C38H61NO5/c1-11-39(12-2)21-22-43-32(42)35(7)18-17-34(6)19-20-37(9)26(27(34)24-35)23-28(41)31-36(8)15-14-30(44-25(3)40)33(4,5)29(36)13-16-38(31,37)10/h23,27,29-31H,11-22,24H2,1-10H3. The lowest BCUT2D eigenvalue weighted by Gasteiger charge is -2.70. The number of hydrogen-bond donors (Lipinski definition) is 0. The van der Waals surface area contributed by atoms with Gasteiger partial charge in [0.05, 0.1) is 5.41 Å². The molecular formula is C38H61NO5. The number of likely N-dealkylation sites (N-methyl/N-ethyl adjacent to an activating group) is 1. The maximum Gasteiger partial charge on any atom is 0.311 e. The van der Waals surface area contributed by atoms with Gasteiger partial charge in [0, 0.05) is 24.8 Å². The first kappa shape index (κ1) is 33.7. The van der Waals surface area contributed by atoms with Crippen molar-refractivity contribution in [2.45, 2.75) is 133 Å². The number of hydrogen-bond acceptors (Lipinski definition) is 6. The van der Waals surface area contributed by atoms with Gasteiger partial charge in [-0.05, 0) is 117 Å². The van der Waals surface area contributed by atoms with E-state index in [9.17, 15) is 14.4 Å². The van der Waals surface area contributed by atoms with Gasteiger partial charge in [0.25, 0.3) is 0 Å². The van der Waals surface area contributed by atoms with Gasteiger partial charge in [0.15, 0.2) is 5.78 Å². The summed E-state index contributed by atoms with van der Waals surface area (Å²) in [5.74, 6) is 0.492. The molecule has 5 aliphatic rings. The van der Waals surface area contributed by atoms with Crippen LogP contribution in [0.1, 0.15) is 127 Å². The summed E-state index contributed by atoms with van der Waals surface area (Å²) in [4.78, 5) is 42.6. The van der Waals surface area contributed by atoms with Crippen LogP contribution in [0, 0.1) is 50.2 Å². The summed E-state index contributed by atoms with van der Waals surface area (Å²) < 4.78 is 11.8. The van der Waals surface area contributed by atoms with E-state index in [1.807, 2.05) is 0 Å². The van der Waals surface area contributed by atoms with Crippen LogP contribution in [0.4, 0.5) is 0 Å². The summed E-state index contributed by atoms with van der Waals surface area (Å²) >= 11 is 0. The predicted octanol–water partition coefficient (Wildman–Crippen LogP) is 7.78. The number of ether oxygens (including phenoxy) is 2. The fourth-order valence-corrected chi connectivity index (χ4v) is 11.7. The summed E-state index contributed by atoms with van der Waals surface area (Å²) in [6.45, 7) is 25.2. The molecule has 9 unspecified atom stereocenters. The van der Waals surface area contributed by atoms with E-state index in [2.05, 4.69) is 73.3 Å². The molecule has 0 aromatic rings. The van der Waals surface area contributed by atoms with Crippen LogP contribution in [0.3, 0.4) is 0 Å². The van der Waals surface area contributed by atoms with Crippen LogP contribution in [0.2, 0.25) is 0 Å². The Balaban J connectivity index is 1.45.